The van der Waals surface area contributed by atoms with Crippen LogP contribution in [0.3, 0.4) is 0 Å². The number of hydrogen-bond acceptors (Lipinski definition) is 2. The molecule has 2 nitrogen and oxygen atoms in total. The predicted molar refractivity (Wildman–Crippen MR) is 76.1 cm³/mol. The van der Waals surface area contributed by atoms with Crippen LogP contribution < -0.4 is 10.5 Å². The summed E-state index contributed by atoms with van der Waals surface area (Å²) in [4.78, 5) is 0. The Labute approximate surface area is 112 Å². The number of rotatable bonds is 3. The largest absolute Gasteiger partial charge is 0.489 e. The number of nitrogen functional groups attached to an aromatic ring is 1. The highest BCUT2D eigenvalue weighted by Crippen LogP contribution is 2.24. The maximum Gasteiger partial charge on any atom is 0.121 e. The molecule has 0 heterocycles. The zero-order valence-corrected chi connectivity index (χ0v) is 11.3. The van der Waals surface area contributed by atoms with Gasteiger partial charge in [-0.3, -0.25) is 0 Å². The summed E-state index contributed by atoms with van der Waals surface area (Å²) in [7, 11) is 0. The van der Waals surface area contributed by atoms with E-state index in [2.05, 4.69) is 32.0 Å². The number of aryl methyl sites for hydroxylation is 2. The van der Waals surface area contributed by atoms with E-state index in [1.807, 2.05) is 6.07 Å². The molecule has 0 aliphatic heterocycles. The molecule has 0 saturated carbocycles. The molecule has 0 saturated heterocycles. The molecule has 2 N–H and O–H groups in total. The lowest BCUT2D eigenvalue weighted by molar-refractivity contribution is 0.306. The van der Waals surface area contributed by atoms with Crippen LogP contribution in [0.5, 0.6) is 5.75 Å². The van der Waals surface area contributed by atoms with Crippen LogP contribution in [0, 0.1) is 13.8 Å². The molecule has 2 aromatic carbocycles. The second-order valence-electron chi connectivity index (χ2n) is 4.47. The van der Waals surface area contributed by atoms with Gasteiger partial charge in [0.25, 0.3) is 0 Å². The van der Waals surface area contributed by atoms with Gasteiger partial charge in [-0.1, -0.05) is 40.9 Å². The molecule has 0 aliphatic carbocycles. The quantitative estimate of drug-likeness (QED) is 0.844. The van der Waals surface area contributed by atoms with E-state index >= 15 is 0 Å². The van der Waals surface area contributed by atoms with Crippen LogP contribution in [0.4, 0.5) is 5.69 Å². The van der Waals surface area contributed by atoms with Crippen molar-refractivity contribution in [3.05, 3.63) is 58.1 Å². The summed E-state index contributed by atoms with van der Waals surface area (Å²) in [5, 5.41) is 0.521. The van der Waals surface area contributed by atoms with E-state index in [1.165, 1.54) is 11.1 Å². The van der Waals surface area contributed by atoms with E-state index in [-0.39, 0.29) is 0 Å². The van der Waals surface area contributed by atoms with Crippen molar-refractivity contribution in [2.24, 2.45) is 0 Å². The molecule has 0 fully saturated rings. The standard InChI is InChI=1S/C15H16ClNO/c1-10-5-11(2)7-12(6-10)9-18-13-3-4-15(17)14(16)8-13/h3-8H,9,17H2,1-2H3. The van der Waals surface area contributed by atoms with Crippen LogP contribution in [-0.4, -0.2) is 0 Å². The number of nitrogens with two attached hydrogens (primary N) is 1. The van der Waals surface area contributed by atoms with Gasteiger partial charge in [0.1, 0.15) is 12.4 Å². The SMILES string of the molecule is Cc1cc(C)cc(COc2ccc(N)c(Cl)c2)c1. The molecule has 2 rings (SSSR count). The lowest BCUT2D eigenvalue weighted by Crippen LogP contribution is -1.97. The first-order valence-electron chi connectivity index (χ1n) is 5.79. The minimum absolute atomic E-state index is 0.521. The average Bonchev–Trinajstić information content (AvgIpc) is 2.29. The van der Waals surface area contributed by atoms with Crippen molar-refractivity contribution in [3.8, 4) is 5.75 Å². The minimum Gasteiger partial charge on any atom is -0.489 e. The maximum absolute atomic E-state index is 5.94. The molecule has 0 spiro atoms. The fraction of sp³-hybridized carbons (Fsp3) is 0.200. The third-order valence-corrected chi connectivity index (χ3v) is 2.99. The zero-order chi connectivity index (χ0) is 13.1. The summed E-state index contributed by atoms with van der Waals surface area (Å²) in [6, 6.07) is 11.7. The third-order valence-electron chi connectivity index (χ3n) is 2.66. The molecule has 0 atom stereocenters. The summed E-state index contributed by atoms with van der Waals surface area (Å²) in [5.41, 5.74) is 9.85. The fourth-order valence-corrected chi connectivity index (χ4v) is 2.09. The molecule has 3 heteroatoms. The van der Waals surface area contributed by atoms with Crippen molar-refractivity contribution in [2.45, 2.75) is 20.5 Å². The van der Waals surface area contributed by atoms with Gasteiger partial charge in [-0.15, -0.1) is 0 Å². The second-order valence-corrected chi connectivity index (χ2v) is 4.88. The van der Waals surface area contributed by atoms with Gasteiger partial charge in [0.05, 0.1) is 10.7 Å². The molecule has 0 radical (unpaired) electrons. The van der Waals surface area contributed by atoms with E-state index in [9.17, 15) is 0 Å². The predicted octanol–water partition coefficient (Wildman–Crippen LogP) is 4.12. The number of ether oxygens (including phenoxy) is 1. The molecule has 0 bridgehead atoms. The molecule has 2 aromatic rings. The van der Waals surface area contributed by atoms with Gasteiger partial charge >= 0.3 is 0 Å². The third kappa shape index (κ3) is 3.17. The average molecular weight is 262 g/mol. The van der Waals surface area contributed by atoms with E-state index in [0.29, 0.717) is 17.3 Å². The fourth-order valence-electron chi connectivity index (χ4n) is 1.92. The first-order valence-corrected chi connectivity index (χ1v) is 6.17. The molecule has 0 aliphatic rings. The van der Waals surface area contributed by atoms with Gasteiger partial charge < -0.3 is 10.5 Å². The van der Waals surface area contributed by atoms with E-state index in [1.54, 1.807) is 12.1 Å². The smallest absolute Gasteiger partial charge is 0.121 e. The highest BCUT2D eigenvalue weighted by atomic mass is 35.5. The summed E-state index contributed by atoms with van der Waals surface area (Å²) >= 11 is 5.94. The van der Waals surface area contributed by atoms with Gasteiger partial charge in [0.15, 0.2) is 0 Å². The Morgan fingerprint density at radius 1 is 1.06 bits per heavy atom. The summed E-state index contributed by atoms with van der Waals surface area (Å²) in [6.45, 7) is 4.69. The van der Waals surface area contributed by atoms with E-state index in [4.69, 9.17) is 22.1 Å². The van der Waals surface area contributed by atoms with E-state index < -0.39 is 0 Å². The Morgan fingerprint density at radius 2 is 1.72 bits per heavy atom. The van der Waals surface area contributed by atoms with Crippen LogP contribution in [0.25, 0.3) is 0 Å². The lowest BCUT2D eigenvalue weighted by Gasteiger charge is -2.09. The summed E-state index contributed by atoms with van der Waals surface area (Å²) in [5.74, 6) is 0.730. The molecule has 0 unspecified atom stereocenters. The number of halogens is 1. The van der Waals surface area contributed by atoms with Gasteiger partial charge in [0.2, 0.25) is 0 Å². The van der Waals surface area contributed by atoms with Crippen molar-refractivity contribution in [1.29, 1.82) is 0 Å². The number of hydrogen-bond donors (Lipinski definition) is 1. The Kier molecular flexibility index (Phi) is 3.78. The molecule has 18 heavy (non-hydrogen) atoms. The van der Waals surface area contributed by atoms with Crippen LogP contribution in [-0.2, 0) is 6.61 Å². The van der Waals surface area contributed by atoms with Crippen molar-refractivity contribution in [3.63, 3.8) is 0 Å². The lowest BCUT2D eigenvalue weighted by atomic mass is 10.1. The first-order chi connectivity index (χ1) is 8.54. The van der Waals surface area contributed by atoms with Gasteiger partial charge in [0, 0.05) is 6.07 Å². The highest BCUT2D eigenvalue weighted by molar-refractivity contribution is 6.33. The Bertz CT molecular complexity index is 546. The second kappa shape index (κ2) is 5.32. The number of benzene rings is 2. The van der Waals surface area contributed by atoms with E-state index in [0.717, 1.165) is 11.3 Å². The Morgan fingerprint density at radius 3 is 2.33 bits per heavy atom. The van der Waals surface area contributed by atoms with Crippen LogP contribution >= 0.6 is 11.6 Å². The monoisotopic (exact) mass is 261 g/mol. The normalized spacial score (nSPS) is 10.4. The Balaban J connectivity index is 2.08. The molecular formula is C15H16ClNO. The maximum atomic E-state index is 5.94. The Hall–Kier alpha value is -1.67. The van der Waals surface area contributed by atoms with Crippen molar-refractivity contribution in [2.75, 3.05) is 5.73 Å². The summed E-state index contributed by atoms with van der Waals surface area (Å²) in [6.07, 6.45) is 0. The topological polar surface area (TPSA) is 35.2 Å². The highest BCUT2D eigenvalue weighted by Gasteiger charge is 2.01. The van der Waals surface area contributed by atoms with Gasteiger partial charge in [-0.2, -0.15) is 0 Å². The molecular weight excluding hydrogens is 246 g/mol. The molecule has 94 valence electrons. The molecule has 0 aromatic heterocycles. The molecule has 0 amide bonds. The van der Waals surface area contributed by atoms with Gasteiger partial charge in [-0.05, 0) is 31.5 Å². The van der Waals surface area contributed by atoms with Crippen LogP contribution in [0.2, 0.25) is 5.02 Å². The van der Waals surface area contributed by atoms with Crippen molar-refractivity contribution >= 4 is 17.3 Å². The van der Waals surface area contributed by atoms with Crippen molar-refractivity contribution < 1.29 is 4.74 Å². The number of anilines is 1. The van der Waals surface area contributed by atoms with Crippen LogP contribution in [0.15, 0.2) is 36.4 Å². The van der Waals surface area contributed by atoms with Gasteiger partial charge in [-0.25, -0.2) is 0 Å². The van der Waals surface area contributed by atoms with Crippen molar-refractivity contribution in [1.82, 2.24) is 0 Å². The zero-order valence-electron chi connectivity index (χ0n) is 10.5. The summed E-state index contributed by atoms with van der Waals surface area (Å²) < 4.78 is 5.70. The van der Waals surface area contributed by atoms with Crippen LogP contribution in [0.1, 0.15) is 16.7 Å². The minimum atomic E-state index is 0.521. The first kappa shape index (κ1) is 12.8.